The van der Waals surface area contributed by atoms with Gasteiger partial charge in [-0.3, -0.25) is 9.79 Å². The van der Waals surface area contributed by atoms with E-state index in [0.717, 1.165) is 34.7 Å². The monoisotopic (exact) mass is 404 g/mol. The lowest BCUT2D eigenvalue weighted by Gasteiger charge is -2.12. The van der Waals surface area contributed by atoms with Gasteiger partial charge in [0.2, 0.25) is 0 Å². The summed E-state index contributed by atoms with van der Waals surface area (Å²) >= 11 is 1.43. The molecular formula is C24H24N2O2S. The van der Waals surface area contributed by atoms with Crippen LogP contribution in [0.1, 0.15) is 34.6 Å². The summed E-state index contributed by atoms with van der Waals surface area (Å²) in [6.45, 7) is 4.43. The number of carbonyl (C=O) groups is 1. The van der Waals surface area contributed by atoms with E-state index in [1.165, 1.54) is 11.3 Å². The molecule has 148 valence electrons. The molecule has 0 bridgehead atoms. The molecule has 3 aromatic rings. The van der Waals surface area contributed by atoms with Gasteiger partial charge in [0.1, 0.15) is 5.75 Å². The largest absolute Gasteiger partial charge is 0.493 e. The zero-order chi connectivity index (χ0) is 20.5. The Morgan fingerprint density at radius 3 is 2.55 bits per heavy atom. The number of amides is 1. The van der Waals surface area contributed by atoms with Gasteiger partial charge in [0.25, 0.3) is 5.91 Å². The van der Waals surface area contributed by atoms with Crippen LogP contribution in [0.25, 0.3) is 5.70 Å². The molecule has 1 heterocycles. The highest BCUT2D eigenvalue weighted by molar-refractivity contribution is 7.12. The van der Waals surface area contributed by atoms with E-state index in [-0.39, 0.29) is 5.91 Å². The van der Waals surface area contributed by atoms with Crippen molar-refractivity contribution in [1.29, 1.82) is 0 Å². The van der Waals surface area contributed by atoms with E-state index in [4.69, 9.17) is 4.74 Å². The normalized spacial score (nSPS) is 11.6. The van der Waals surface area contributed by atoms with Crippen LogP contribution in [0, 0.1) is 0 Å². The molecule has 1 N–H and O–H groups in total. The number of nitrogens with zero attached hydrogens (tertiary/aromatic N) is 1. The Labute approximate surface area is 175 Å². The second-order valence-corrected chi connectivity index (χ2v) is 7.23. The lowest BCUT2D eigenvalue weighted by Crippen LogP contribution is -2.10. The summed E-state index contributed by atoms with van der Waals surface area (Å²) in [6, 6.07) is 19.5. The van der Waals surface area contributed by atoms with Gasteiger partial charge in [-0.05, 0) is 55.1 Å². The van der Waals surface area contributed by atoms with Crippen molar-refractivity contribution in [1.82, 2.24) is 0 Å². The van der Waals surface area contributed by atoms with E-state index >= 15 is 0 Å². The van der Waals surface area contributed by atoms with Gasteiger partial charge in [0.05, 0.1) is 17.2 Å². The molecule has 0 spiro atoms. The predicted octanol–water partition coefficient (Wildman–Crippen LogP) is 6.07. The first kappa shape index (κ1) is 20.6. The smallest absolute Gasteiger partial charge is 0.265 e. The quantitative estimate of drug-likeness (QED) is 0.463. The minimum absolute atomic E-state index is 0.0813. The maximum Gasteiger partial charge on any atom is 0.265 e. The number of carbonyl (C=O) groups excluding carboxylic acids is 1. The standard InChI is InChI=1S/C24H24N2O2S/c1-3-21(25-4-2)20-8-5-6-9-22(20)28-16-15-18-11-13-19(14-12-18)26-24(27)23-10-7-17-29-23/h3-14,17H,15-16H2,1-2H3,(H,26,27). The third-order valence-corrected chi connectivity index (χ3v) is 5.18. The van der Waals surface area contributed by atoms with Crippen LogP contribution in [0.5, 0.6) is 5.75 Å². The number of aliphatic imine (C=N–C) groups is 1. The van der Waals surface area contributed by atoms with Gasteiger partial charge in [-0.2, -0.15) is 0 Å². The third kappa shape index (κ3) is 5.65. The maximum atomic E-state index is 12.1. The fourth-order valence-corrected chi connectivity index (χ4v) is 3.50. The zero-order valence-corrected chi connectivity index (χ0v) is 17.4. The molecule has 0 unspecified atom stereocenters. The van der Waals surface area contributed by atoms with Crippen LogP contribution in [0.4, 0.5) is 5.69 Å². The molecule has 0 fully saturated rings. The van der Waals surface area contributed by atoms with Gasteiger partial charge in [0, 0.05) is 23.9 Å². The molecular weight excluding hydrogens is 380 g/mol. The summed E-state index contributed by atoms with van der Waals surface area (Å²) in [7, 11) is 0. The fraction of sp³-hybridized carbons (Fsp3) is 0.167. The van der Waals surface area contributed by atoms with Gasteiger partial charge in [0.15, 0.2) is 0 Å². The Kier molecular flexibility index (Phi) is 7.36. The molecule has 2 aromatic carbocycles. The second kappa shape index (κ2) is 10.4. The Morgan fingerprint density at radius 1 is 1.07 bits per heavy atom. The number of rotatable bonds is 8. The minimum Gasteiger partial charge on any atom is -0.493 e. The lowest BCUT2D eigenvalue weighted by molar-refractivity contribution is 0.103. The van der Waals surface area contributed by atoms with Crippen molar-refractivity contribution < 1.29 is 9.53 Å². The van der Waals surface area contributed by atoms with E-state index in [2.05, 4.69) is 10.3 Å². The molecule has 0 aliphatic carbocycles. The molecule has 0 aliphatic heterocycles. The molecule has 0 radical (unpaired) electrons. The van der Waals surface area contributed by atoms with Crippen LogP contribution < -0.4 is 10.1 Å². The molecule has 4 nitrogen and oxygen atoms in total. The first-order chi connectivity index (χ1) is 14.2. The van der Waals surface area contributed by atoms with Gasteiger partial charge in [-0.25, -0.2) is 0 Å². The number of anilines is 1. The highest BCUT2D eigenvalue weighted by Gasteiger charge is 2.08. The SMILES string of the molecule is CC=NC(=CC)c1ccccc1OCCc1ccc(NC(=O)c2cccs2)cc1. The van der Waals surface area contributed by atoms with E-state index in [0.29, 0.717) is 11.5 Å². The van der Waals surface area contributed by atoms with Crippen molar-refractivity contribution in [3.8, 4) is 5.75 Å². The molecule has 1 amide bonds. The van der Waals surface area contributed by atoms with Gasteiger partial charge >= 0.3 is 0 Å². The van der Waals surface area contributed by atoms with Crippen LogP contribution in [0.3, 0.4) is 0 Å². The van der Waals surface area contributed by atoms with Crippen LogP contribution >= 0.6 is 11.3 Å². The number of hydrogen-bond donors (Lipinski definition) is 1. The molecule has 0 saturated carbocycles. The van der Waals surface area contributed by atoms with Gasteiger partial charge in [-0.15, -0.1) is 11.3 Å². The molecule has 1 aromatic heterocycles. The van der Waals surface area contributed by atoms with Crippen LogP contribution in [0.15, 0.2) is 77.1 Å². The van der Waals surface area contributed by atoms with Crippen molar-refractivity contribution in [3.05, 3.63) is 88.1 Å². The Hall–Kier alpha value is -3.18. The highest BCUT2D eigenvalue weighted by Crippen LogP contribution is 2.27. The second-order valence-electron chi connectivity index (χ2n) is 6.28. The Balaban J connectivity index is 1.57. The summed E-state index contributed by atoms with van der Waals surface area (Å²) in [5, 5.41) is 4.81. The van der Waals surface area contributed by atoms with Crippen molar-refractivity contribution in [2.45, 2.75) is 20.3 Å². The fourth-order valence-electron chi connectivity index (χ4n) is 2.88. The minimum atomic E-state index is -0.0813. The average Bonchev–Trinajstić information content (AvgIpc) is 3.29. The average molecular weight is 405 g/mol. The number of para-hydroxylation sites is 1. The van der Waals surface area contributed by atoms with Crippen LogP contribution in [0.2, 0.25) is 0 Å². The van der Waals surface area contributed by atoms with Crippen LogP contribution in [-0.2, 0) is 6.42 Å². The molecule has 3 rings (SSSR count). The first-order valence-electron chi connectivity index (χ1n) is 9.52. The topological polar surface area (TPSA) is 50.7 Å². The molecule has 0 atom stereocenters. The summed E-state index contributed by atoms with van der Waals surface area (Å²) in [6.07, 6.45) is 4.53. The summed E-state index contributed by atoms with van der Waals surface area (Å²) in [4.78, 5) is 17.2. The first-order valence-corrected chi connectivity index (χ1v) is 10.4. The van der Waals surface area contributed by atoms with Gasteiger partial charge in [-0.1, -0.05) is 36.4 Å². The number of hydrogen-bond acceptors (Lipinski definition) is 4. The number of ether oxygens (including phenoxy) is 1. The maximum absolute atomic E-state index is 12.1. The van der Waals surface area contributed by atoms with E-state index < -0.39 is 0 Å². The van der Waals surface area contributed by atoms with E-state index in [9.17, 15) is 4.79 Å². The number of nitrogens with one attached hydrogen (secondary N) is 1. The predicted molar refractivity (Wildman–Crippen MR) is 122 cm³/mol. The molecule has 0 aliphatic rings. The van der Waals surface area contributed by atoms with Crippen molar-refractivity contribution >= 4 is 34.8 Å². The number of thiophene rings is 1. The number of allylic oxidation sites excluding steroid dienone is 1. The molecule has 29 heavy (non-hydrogen) atoms. The molecule has 0 saturated heterocycles. The van der Waals surface area contributed by atoms with Gasteiger partial charge < -0.3 is 10.1 Å². The highest BCUT2D eigenvalue weighted by atomic mass is 32.1. The number of benzene rings is 2. The van der Waals surface area contributed by atoms with Crippen molar-refractivity contribution in [2.24, 2.45) is 4.99 Å². The Bertz CT molecular complexity index is 990. The third-order valence-electron chi connectivity index (χ3n) is 4.31. The van der Waals surface area contributed by atoms with E-state index in [1.807, 2.05) is 86.0 Å². The van der Waals surface area contributed by atoms with Crippen LogP contribution in [-0.4, -0.2) is 18.7 Å². The molecule has 5 heteroatoms. The Morgan fingerprint density at radius 2 is 1.86 bits per heavy atom. The summed E-state index contributed by atoms with van der Waals surface area (Å²) < 4.78 is 6.03. The van der Waals surface area contributed by atoms with E-state index in [1.54, 1.807) is 6.21 Å². The summed E-state index contributed by atoms with van der Waals surface area (Å²) in [5.41, 5.74) is 3.82. The van der Waals surface area contributed by atoms with Crippen molar-refractivity contribution in [3.63, 3.8) is 0 Å². The lowest BCUT2D eigenvalue weighted by atomic mass is 10.1. The zero-order valence-electron chi connectivity index (χ0n) is 16.6. The summed E-state index contributed by atoms with van der Waals surface area (Å²) in [5.74, 6) is 0.744. The van der Waals surface area contributed by atoms with Crippen molar-refractivity contribution in [2.75, 3.05) is 11.9 Å².